The number of esters is 1. The van der Waals surface area contributed by atoms with Gasteiger partial charge in [-0.05, 0) is 73.2 Å². The maximum absolute atomic E-state index is 11.1. The zero-order valence-corrected chi connectivity index (χ0v) is 29.8. The molecule has 49 heavy (non-hydrogen) atoms. The molecule has 0 bridgehead atoms. The lowest BCUT2D eigenvalue weighted by atomic mass is 10.2. The molecule has 2 heterocycles. The summed E-state index contributed by atoms with van der Waals surface area (Å²) in [7, 11) is -2.10. The minimum absolute atomic E-state index is 0.0687. The number of rotatable bonds is 4. The van der Waals surface area contributed by atoms with E-state index in [1.807, 2.05) is 12.5 Å². The number of carbonyl (C=O) groups excluding carboxylic acids is 1. The smallest absolute Gasteiger partial charge is 0.508 e. The fourth-order valence-corrected chi connectivity index (χ4v) is 5.14. The van der Waals surface area contributed by atoms with Crippen molar-refractivity contribution in [1.29, 1.82) is 0 Å². The fraction of sp³-hybridized carbons (Fsp3) is 0.129. The molecule has 0 aliphatic rings. The Bertz CT molecular complexity index is 2070. The van der Waals surface area contributed by atoms with Crippen LogP contribution < -0.4 is 9.47 Å². The van der Waals surface area contributed by atoms with Gasteiger partial charge in [-0.1, -0.05) is 46.4 Å². The standard InChI is InChI=1S/C16H12Cl2N2O3.C13H8Cl2N2O2.C2H6S.BF3/c1-9(21)23-11-3-5-14-12(7-11)16(18)20(19-14)15-6-4-10(22-2)8-13(15)17;14-10-6-8(19)2-4-12(10)17-13(15)9-5-7(18)1-3-11(9)16-17;1-3-2;2-1(3)4/h3-8H,1-2H3;1-6,18-19H;1-2H3;. The van der Waals surface area contributed by atoms with Gasteiger partial charge in [-0.3, -0.25) is 17.7 Å². The van der Waals surface area contributed by atoms with Crippen LogP contribution in [-0.2, 0) is 4.79 Å². The molecular weight excluding hydrogens is 750 g/mol. The molecule has 6 rings (SSSR count). The minimum Gasteiger partial charge on any atom is -0.508 e. The highest BCUT2D eigenvalue weighted by Crippen LogP contribution is 2.34. The molecule has 2 N–H and O–H groups in total. The number of fused-ring (bicyclic) bond motifs is 2. The summed E-state index contributed by atoms with van der Waals surface area (Å²) >= 11 is 26.7. The Morgan fingerprint density at radius 1 is 0.735 bits per heavy atom. The lowest BCUT2D eigenvalue weighted by Gasteiger charge is -2.07. The molecular formula is C31H26BCl4F3N4O5S. The van der Waals surface area contributed by atoms with Gasteiger partial charge in [-0.25, -0.2) is 9.36 Å². The third kappa shape index (κ3) is 10.5. The van der Waals surface area contributed by atoms with Crippen LogP contribution in [0.4, 0.5) is 12.9 Å². The van der Waals surface area contributed by atoms with Gasteiger partial charge in [0.1, 0.15) is 33.3 Å². The maximum atomic E-state index is 11.1. The Kier molecular flexibility index (Phi) is 14.6. The number of hydrogen-bond donors (Lipinski definition) is 2. The minimum atomic E-state index is -3.67. The SMILES string of the molecule is COc1ccc(-n2nc3ccc(OC(C)=O)cc3c2Cl)c(Cl)c1.CSC.FB(F)F.Oc1ccc(-n2nc3ccc(O)cc3c2Cl)c(Cl)c1. The van der Waals surface area contributed by atoms with Gasteiger partial charge in [0.2, 0.25) is 0 Å². The predicted octanol–water partition coefficient (Wildman–Crippen LogP) is 9.87. The number of methoxy groups -OCH3 is 1. The summed E-state index contributed by atoms with van der Waals surface area (Å²) < 4.78 is 42.2. The summed E-state index contributed by atoms with van der Waals surface area (Å²) in [4.78, 5) is 11.1. The fourth-order valence-electron chi connectivity index (χ4n) is 4.08. The third-order valence-electron chi connectivity index (χ3n) is 5.98. The van der Waals surface area contributed by atoms with Gasteiger partial charge in [0.25, 0.3) is 0 Å². The van der Waals surface area contributed by atoms with E-state index in [0.29, 0.717) is 65.0 Å². The van der Waals surface area contributed by atoms with Crippen molar-refractivity contribution in [3.05, 3.63) is 93.1 Å². The second-order valence-corrected chi connectivity index (χ2v) is 11.8. The molecule has 0 aliphatic heterocycles. The second kappa shape index (κ2) is 18.2. The van der Waals surface area contributed by atoms with Crippen LogP contribution >= 0.6 is 58.2 Å². The third-order valence-corrected chi connectivity index (χ3v) is 7.32. The molecule has 9 nitrogen and oxygen atoms in total. The highest BCUT2D eigenvalue weighted by atomic mass is 35.5. The number of carbonyl (C=O) groups is 1. The quantitative estimate of drug-likeness (QED) is 0.103. The first kappa shape index (κ1) is 39.5. The molecule has 0 radical (unpaired) electrons. The van der Waals surface area contributed by atoms with E-state index in [4.69, 9.17) is 55.9 Å². The molecule has 2 aromatic heterocycles. The molecule has 4 aromatic carbocycles. The number of nitrogens with zero attached hydrogens (tertiary/aromatic N) is 4. The molecule has 0 unspecified atom stereocenters. The van der Waals surface area contributed by atoms with Gasteiger partial charge < -0.3 is 19.7 Å². The Hall–Kier alpha value is -3.95. The lowest BCUT2D eigenvalue weighted by Crippen LogP contribution is -2.00. The second-order valence-electron chi connectivity index (χ2n) is 9.49. The number of aromatic nitrogens is 4. The van der Waals surface area contributed by atoms with E-state index in [0.717, 1.165) is 0 Å². The predicted molar refractivity (Wildman–Crippen MR) is 192 cm³/mol. The average Bonchev–Trinajstić information content (AvgIpc) is 3.52. The average molecular weight is 776 g/mol. The Morgan fingerprint density at radius 2 is 1.16 bits per heavy atom. The van der Waals surface area contributed by atoms with Gasteiger partial charge in [0.05, 0.1) is 39.6 Å². The van der Waals surface area contributed by atoms with Crippen LogP contribution in [0.2, 0.25) is 20.4 Å². The van der Waals surface area contributed by atoms with Gasteiger partial charge in [-0.2, -0.15) is 22.0 Å². The zero-order chi connectivity index (χ0) is 36.4. The van der Waals surface area contributed by atoms with E-state index in [2.05, 4.69) is 10.2 Å². The monoisotopic (exact) mass is 774 g/mol. The molecule has 0 fully saturated rings. The van der Waals surface area contributed by atoms with Crippen LogP contribution in [0, 0.1) is 0 Å². The van der Waals surface area contributed by atoms with Crippen LogP contribution in [0.5, 0.6) is 23.0 Å². The topological polar surface area (TPSA) is 112 Å². The van der Waals surface area contributed by atoms with Crippen molar-refractivity contribution < 1.29 is 37.4 Å². The Labute approximate surface area is 303 Å². The molecule has 0 amide bonds. The maximum Gasteiger partial charge on any atom is 0.762 e. The Morgan fingerprint density at radius 3 is 1.65 bits per heavy atom. The van der Waals surface area contributed by atoms with Crippen LogP contribution in [0.3, 0.4) is 0 Å². The molecule has 0 saturated carbocycles. The summed E-state index contributed by atoms with van der Waals surface area (Å²) in [6.45, 7) is 1.34. The van der Waals surface area contributed by atoms with Crippen LogP contribution in [0.1, 0.15) is 6.92 Å². The van der Waals surface area contributed by atoms with Gasteiger partial charge in [-0.15, -0.1) is 0 Å². The van der Waals surface area contributed by atoms with E-state index in [1.165, 1.54) is 40.6 Å². The molecule has 6 aromatic rings. The highest BCUT2D eigenvalue weighted by Gasteiger charge is 2.16. The van der Waals surface area contributed by atoms with E-state index in [9.17, 15) is 28.0 Å². The number of benzene rings is 4. The highest BCUT2D eigenvalue weighted by molar-refractivity contribution is 7.97. The largest absolute Gasteiger partial charge is 0.762 e. The number of halogens is 7. The summed E-state index contributed by atoms with van der Waals surface area (Å²) in [6.07, 6.45) is 4.08. The van der Waals surface area contributed by atoms with Crippen LogP contribution in [0.15, 0.2) is 72.8 Å². The van der Waals surface area contributed by atoms with Crippen molar-refractivity contribution in [2.75, 3.05) is 19.6 Å². The van der Waals surface area contributed by atoms with Crippen molar-refractivity contribution in [2.45, 2.75) is 6.92 Å². The number of phenols is 2. The van der Waals surface area contributed by atoms with Crippen molar-refractivity contribution in [3.8, 4) is 34.4 Å². The number of phenolic OH excluding ortho intramolecular Hbond substituents is 2. The van der Waals surface area contributed by atoms with E-state index < -0.39 is 13.5 Å². The summed E-state index contributed by atoms with van der Waals surface area (Å²) in [5.74, 6) is 0.840. The summed E-state index contributed by atoms with van der Waals surface area (Å²) in [6, 6.07) is 19.6. The summed E-state index contributed by atoms with van der Waals surface area (Å²) in [5, 5.41) is 30.4. The first-order chi connectivity index (χ1) is 23.2. The number of aromatic hydroxyl groups is 2. The zero-order valence-electron chi connectivity index (χ0n) is 26.0. The molecule has 258 valence electrons. The lowest BCUT2D eigenvalue weighted by molar-refractivity contribution is -0.131. The number of hydrogen-bond acceptors (Lipinski definition) is 8. The van der Waals surface area contributed by atoms with E-state index in [-0.39, 0.29) is 11.5 Å². The van der Waals surface area contributed by atoms with Crippen molar-refractivity contribution >= 4 is 93.5 Å². The summed E-state index contributed by atoms with van der Waals surface area (Å²) in [5.41, 5.74) is 2.49. The molecule has 0 aliphatic carbocycles. The van der Waals surface area contributed by atoms with Crippen LogP contribution in [0.25, 0.3) is 33.2 Å². The van der Waals surface area contributed by atoms with E-state index >= 15 is 0 Å². The van der Waals surface area contributed by atoms with Crippen molar-refractivity contribution in [2.24, 2.45) is 0 Å². The molecule has 0 spiro atoms. The normalized spacial score (nSPS) is 10.3. The number of ether oxygens (including phenoxy) is 2. The van der Waals surface area contributed by atoms with E-state index in [1.54, 1.807) is 67.4 Å². The molecule has 18 heteroatoms. The van der Waals surface area contributed by atoms with Gasteiger partial charge in [0, 0.05) is 29.8 Å². The molecule has 0 atom stereocenters. The first-order valence-electron chi connectivity index (χ1n) is 13.6. The molecule has 0 saturated heterocycles. The first-order valence-corrected chi connectivity index (χ1v) is 16.7. The van der Waals surface area contributed by atoms with Crippen molar-refractivity contribution in [1.82, 2.24) is 19.6 Å². The van der Waals surface area contributed by atoms with Crippen molar-refractivity contribution in [3.63, 3.8) is 0 Å². The van der Waals surface area contributed by atoms with Gasteiger partial charge >= 0.3 is 13.5 Å². The number of thioether (sulfide) groups is 1. The van der Waals surface area contributed by atoms with Crippen LogP contribution in [-0.4, -0.2) is 62.9 Å². The van der Waals surface area contributed by atoms with Gasteiger partial charge in [0.15, 0.2) is 0 Å². The Balaban J connectivity index is 0.000000226.